The highest BCUT2D eigenvalue weighted by atomic mass is 16.7. The number of methoxy groups -OCH3 is 1. The first-order chi connectivity index (χ1) is 25.7. The second-order valence-corrected chi connectivity index (χ2v) is 14.4. The van der Waals surface area contributed by atoms with Crippen LogP contribution in [-0.4, -0.2) is 50.5 Å². The van der Waals surface area contributed by atoms with Crippen LogP contribution >= 0.6 is 0 Å². The number of hydrogen-bond acceptors (Lipinski definition) is 7. The van der Waals surface area contributed by atoms with Crippen molar-refractivity contribution in [3.8, 4) is 17.2 Å². The Morgan fingerprint density at radius 3 is 1.67 bits per heavy atom. The van der Waals surface area contributed by atoms with E-state index in [1.54, 1.807) is 7.11 Å². The molecule has 0 aromatic heterocycles. The Morgan fingerprint density at radius 2 is 1.08 bits per heavy atom. The summed E-state index contributed by atoms with van der Waals surface area (Å²) in [6, 6.07) is 36.8. The predicted octanol–water partition coefficient (Wildman–Crippen LogP) is 9.81. The predicted molar refractivity (Wildman–Crippen MR) is 202 cm³/mol. The van der Waals surface area contributed by atoms with Crippen molar-refractivity contribution >= 4 is 0 Å². The summed E-state index contributed by atoms with van der Waals surface area (Å²) >= 11 is 0. The Bertz CT molecular complexity index is 1580. The smallest absolute Gasteiger partial charge is 0.197 e. The summed E-state index contributed by atoms with van der Waals surface area (Å²) in [4.78, 5) is 0. The third-order valence-electron chi connectivity index (χ3n) is 10.7. The Hall–Kier alpha value is -3.88. The molecule has 7 nitrogen and oxygen atoms in total. The van der Waals surface area contributed by atoms with Gasteiger partial charge in [-0.25, -0.2) is 0 Å². The van der Waals surface area contributed by atoms with E-state index in [0.29, 0.717) is 24.9 Å². The first-order valence-electron chi connectivity index (χ1n) is 19.4. The van der Waals surface area contributed by atoms with E-state index in [4.69, 9.17) is 33.2 Å². The first kappa shape index (κ1) is 36.5. The lowest BCUT2D eigenvalue weighted by molar-refractivity contribution is -0.305. The summed E-state index contributed by atoms with van der Waals surface area (Å²) in [5, 5.41) is 0. The fourth-order valence-corrected chi connectivity index (χ4v) is 7.83. The molecular weight excluding hydrogens is 652 g/mol. The number of rotatable bonds is 15. The lowest BCUT2D eigenvalue weighted by atomic mass is 9.84. The molecule has 2 aliphatic carbocycles. The van der Waals surface area contributed by atoms with Crippen LogP contribution in [-0.2, 0) is 32.2 Å². The quantitative estimate of drug-likeness (QED) is 0.122. The molecule has 0 radical (unpaired) electrons. The Labute approximate surface area is 309 Å². The van der Waals surface area contributed by atoms with Crippen LogP contribution in [0.3, 0.4) is 0 Å². The van der Waals surface area contributed by atoms with Gasteiger partial charge in [0, 0.05) is 7.11 Å². The van der Waals surface area contributed by atoms with Crippen molar-refractivity contribution in [3.63, 3.8) is 0 Å². The molecular formula is C45H54O7. The van der Waals surface area contributed by atoms with Crippen LogP contribution in [0.5, 0.6) is 17.2 Å². The molecule has 7 heteroatoms. The van der Waals surface area contributed by atoms with Crippen molar-refractivity contribution in [1.82, 2.24) is 0 Å². The van der Waals surface area contributed by atoms with E-state index < -0.39 is 30.7 Å². The molecule has 1 saturated heterocycles. The maximum absolute atomic E-state index is 6.79. The van der Waals surface area contributed by atoms with Gasteiger partial charge in [0.15, 0.2) is 12.4 Å². The van der Waals surface area contributed by atoms with Crippen LogP contribution in [0.15, 0.2) is 109 Å². The second kappa shape index (κ2) is 18.7. The van der Waals surface area contributed by atoms with Gasteiger partial charge < -0.3 is 33.2 Å². The minimum atomic E-state index is -0.738. The van der Waals surface area contributed by atoms with E-state index in [1.807, 2.05) is 60.7 Å². The normalized spacial score (nSPS) is 24.3. The van der Waals surface area contributed by atoms with Gasteiger partial charge in [0.1, 0.15) is 42.2 Å². The van der Waals surface area contributed by atoms with Gasteiger partial charge >= 0.3 is 0 Å². The molecule has 0 amide bonds. The average molecular weight is 707 g/mol. The minimum absolute atomic E-state index is 0.257. The summed E-state index contributed by atoms with van der Waals surface area (Å²) in [6.45, 7) is 1.01. The van der Waals surface area contributed by atoms with Gasteiger partial charge in [-0.1, -0.05) is 98.5 Å². The van der Waals surface area contributed by atoms with Crippen molar-refractivity contribution in [2.45, 2.75) is 120 Å². The minimum Gasteiger partial charge on any atom is -0.491 e. The summed E-state index contributed by atoms with van der Waals surface area (Å²) in [5.74, 6) is 2.97. The van der Waals surface area contributed by atoms with Crippen molar-refractivity contribution < 1.29 is 33.2 Å². The Morgan fingerprint density at radius 1 is 0.538 bits per heavy atom. The van der Waals surface area contributed by atoms with Crippen molar-refractivity contribution in [3.05, 3.63) is 126 Å². The zero-order chi connectivity index (χ0) is 35.4. The standard InChI is InChI=1S/C45H54O7/c1-46-45-44(51-40-28-26-39(27-29-40)50-38-20-12-5-13-21-38)43(49-31-34-16-8-3-9-17-34)42(48-30-33-14-6-2-7-15-33)41(52-45)32-47-37-24-22-36(23-25-37)35-18-10-4-11-19-35/h2-3,6-9,14-17,22-29,35,38,41-45H,4-5,10-13,18-21,30-32H2,1H3/t41-,42-,43+,44-,45+/m1/s1. The molecule has 0 N–H and O–H groups in total. The maximum atomic E-state index is 6.79. The van der Waals surface area contributed by atoms with Gasteiger partial charge in [-0.2, -0.15) is 0 Å². The van der Waals surface area contributed by atoms with Gasteiger partial charge in [-0.15, -0.1) is 0 Å². The average Bonchev–Trinajstić information content (AvgIpc) is 3.21. The van der Waals surface area contributed by atoms with Crippen LogP contribution in [0, 0.1) is 0 Å². The second-order valence-electron chi connectivity index (χ2n) is 14.4. The lowest BCUT2D eigenvalue weighted by Gasteiger charge is -2.45. The maximum Gasteiger partial charge on any atom is 0.197 e. The Kier molecular flexibility index (Phi) is 13.2. The van der Waals surface area contributed by atoms with E-state index in [1.165, 1.54) is 56.9 Å². The van der Waals surface area contributed by atoms with E-state index in [-0.39, 0.29) is 12.7 Å². The van der Waals surface area contributed by atoms with Crippen molar-refractivity contribution in [2.24, 2.45) is 0 Å². The molecule has 0 spiro atoms. The van der Waals surface area contributed by atoms with Crippen LogP contribution in [0.1, 0.15) is 86.8 Å². The summed E-state index contributed by atoms with van der Waals surface area (Å²) in [5.41, 5.74) is 3.51. The van der Waals surface area contributed by atoms with Crippen molar-refractivity contribution in [2.75, 3.05) is 13.7 Å². The highest BCUT2D eigenvalue weighted by Crippen LogP contribution is 2.35. The molecule has 4 aromatic carbocycles. The molecule has 2 saturated carbocycles. The van der Waals surface area contributed by atoms with Crippen molar-refractivity contribution in [1.29, 1.82) is 0 Å². The van der Waals surface area contributed by atoms with E-state index in [2.05, 4.69) is 48.5 Å². The van der Waals surface area contributed by atoms with E-state index in [9.17, 15) is 0 Å². The molecule has 1 aliphatic heterocycles. The zero-order valence-electron chi connectivity index (χ0n) is 30.5. The molecule has 3 aliphatic rings. The van der Waals surface area contributed by atoms with Crippen LogP contribution in [0.2, 0.25) is 0 Å². The number of benzene rings is 4. The summed E-state index contributed by atoms with van der Waals surface area (Å²) < 4.78 is 45.6. The molecule has 5 atom stereocenters. The zero-order valence-corrected chi connectivity index (χ0v) is 30.5. The van der Waals surface area contributed by atoms with Crippen LogP contribution in [0.25, 0.3) is 0 Å². The van der Waals surface area contributed by atoms with Gasteiger partial charge in [0.25, 0.3) is 0 Å². The monoisotopic (exact) mass is 706 g/mol. The van der Waals surface area contributed by atoms with E-state index >= 15 is 0 Å². The summed E-state index contributed by atoms with van der Waals surface area (Å²) in [7, 11) is 1.64. The molecule has 7 rings (SSSR count). The third kappa shape index (κ3) is 9.95. The Balaban J connectivity index is 1.11. The summed E-state index contributed by atoms with van der Waals surface area (Å²) in [6.07, 6.45) is 9.77. The topological polar surface area (TPSA) is 64.6 Å². The molecule has 276 valence electrons. The number of hydrogen-bond donors (Lipinski definition) is 0. The van der Waals surface area contributed by atoms with Gasteiger partial charge in [0.05, 0.1) is 19.3 Å². The third-order valence-corrected chi connectivity index (χ3v) is 10.7. The van der Waals surface area contributed by atoms with Gasteiger partial charge in [-0.05, 0) is 97.5 Å². The van der Waals surface area contributed by atoms with Crippen LogP contribution in [0.4, 0.5) is 0 Å². The first-order valence-corrected chi connectivity index (χ1v) is 19.4. The molecule has 52 heavy (non-hydrogen) atoms. The fourth-order valence-electron chi connectivity index (χ4n) is 7.83. The molecule has 4 aromatic rings. The SMILES string of the molecule is CO[C@H]1O[C@H](COc2ccc(C3CCCCC3)cc2)[C@@H](OCc2ccccc2)[C@H](OCc2ccccc2)[C@H]1Oc1ccc(OC2CCCCC2)cc1. The largest absolute Gasteiger partial charge is 0.491 e. The fraction of sp³-hybridized carbons (Fsp3) is 0.467. The van der Waals surface area contributed by atoms with Gasteiger partial charge in [0.2, 0.25) is 0 Å². The number of ether oxygens (including phenoxy) is 7. The van der Waals surface area contributed by atoms with E-state index in [0.717, 1.165) is 35.5 Å². The molecule has 0 bridgehead atoms. The molecule has 3 fully saturated rings. The lowest BCUT2D eigenvalue weighted by Crippen LogP contribution is -2.62. The van der Waals surface area contributed by atoms with Gasteiger partial charge in [-0.3, -0.25) is 0 Å². The van der Waals surface area contributed by atoms with Crippen LogP contribution < -0.4 is 14.2 Å². The molecule has 1 heterocycles. The highest BCUT2D eigenvalue weighted by molar-refractivity contribution is 5.32. The molecule has 0 unspecified atom stereocenters. The highest BCUT2D eigenvalue weighted by Gasteiger charge is 2.50.